The molecule has 2 heterocycles. The Balaban J connectivity index is 1.89. The van der Waals surface area contributed by atoms with Crippen LogP contribution in [0.5, 0.6) is 11.5 Å². The van der Waals surface area contributed by atoms with Gasteiger partial charge in [0.2, 0.25) is 0 Å². The van der Waals surface area contributed by atoms with Crippen molar-refractivity contribution in [2.75, 3.05) is 25.1 Å². The zero-order valence-corrected chi connectivity index (χ0v) is 15.0. The van der Waals surface area contributed by atoms with Gasteiger partial charge in [-0.3, -0.25) is 9.29 Å². The molecule has 0 unspecified atom stereocenters. The van der Waals surface area contributed by atoms with Crippen molar-refractivity contribution in [3.8, 4) is 11.5 Å². The molecule has 0 spiro atoms. The van der Waals surface area contributed by atoms with Crippen molar-refractivity contribution < 1.29 is 17.9 Å². The molecule has 0 amide bonds. The van der Waals surface area contributed by atoms with E-state index in [1.54, 1.807) is 56.8 Å². The number of nitrogens with zero attached hydrogens (tertiary/aromatic N) is 2. The number of hydrogen-bond donors (Lipinski definition) is 0. The average Bonchev–Trinajstić information content (AvgIpc) is 2.65. The first kappa shape index (κ1) is 17.3. The maximum Gasteiger partial charge on any atom is 0.257 e. The van der Waals surface area contributed by atoms with E-state index in [1.807, 2.05) is 0 Å². The lowest BCUT2D eigenvalue weighted by molar-refractivity contribution is 0.355. The number of anilines is 1. The molecule has 6 nitrogen and oxygen atoms in total. The molecule has 0 bridgehead atoms. The zero-order chi connectivity index (χ0) is 17.9. The van der Waals surface area contributed by atoms with E-state index in [0.29, 0.717) is 29.3 Å². The number of ether oxygens (including phenoxy) is 2. The normalized spacial score (nSPS) is 14.4. The van der Waals surface area contributed by atoms with Crippen molar-refractivity contribution in [3.05, 3.63) is 53.2 Å². The third-order valence-corrected chi connectivity index (χ3v) is 5.53. The highest BCUT2D eigenvalue weighted by atomic mass is 32.2. The van der Waals surface area contributed by atoms with E-state index in [1.165, 1.54) is 9.71 Å². The summed E-state index contributed by atoms with van der Waals surface area (Å²) in [6.45, 7) is 0.456. The Morgan fingerprint density at radius 3 is 2.72 bits per heavy atom. The molecule has 1 aromatic heterocycles. The van der Waals surface area contributed by atoms with Crippen LogP contribution in [0.25, 0.3) is 6.08 Å². The summed E-state index contributed by atoms with van der Waals surface area (Å²) < 4.78 is 37.4. The highest BCUT2D eigenvalue weighted by Crippen LogP contribution is 2.30. The van der Waals surface area contributed by atoms with Crippen molar-refractivity contribution in [1.82, 2.24) is 4.98 Å². The molecule has 0 N–H and O–H groups in total. The molecule has 0 radical (unpaired) electrons. The van der Waals surface area contributed by atoms with Crippen LogP contribution >= 0.6 is 0 Å². The van der Waals surface area contributed by atoms with E-state index in [4.69, 9.17) is 9.47 Å². The minimum Gasteiger partial charge on any atom is -0.493 e. The summed E-state index contributed by atoms with van der Waals surface area (Å²) in [5.74, 6) is 1.15. The number of rotatable bonds is 5. The van der Waals surface area contributed by atoms with Crippen LogP contribution in [0.1, 0.15) is 17.7 Å². The lowest BCUT2D eigenvalue weighted by Gasteiger charge is -2.28. The molecule has 0 saturated heterocycles. The fourth-order valence-electron chi connectivity index (χ4n) is 2.82. The lowest BCUT2D eigenvalue weighted by Crippen LogP contribution is -2.34. The van der Waals surface area contributed by atoms with E-state index >= 15 is 0 Å². The van der Waals surface area contributed by atoms with Gasteiger partial charge in [-0.05, 0) is 48.7 Å². The fourth-order valence-corrected chi connectivity index (χ4v) is 4.12. The van der Waals surface area contributed by atoms with Crippen LogP contribution in [0.4, 0.5) is 5.69 Å². The van der Waals surface area contributed by atoms with Crippen LogP contribution in [0.2, 0.25) is 0 Å². The number of pyridine rings is 1. The fraction of sp³-hybridized carbons (Fsp3) is 0.278. The highest BCUT2D eigenvalue weighted by molar-refractivity contribution is 7.95. The number of benzene rings is 1. The van der Waals surface area contributed by atoms with Crippen molar-refractivity contribution in [3.63, 3.8) is 0 Å². The molecule has 1 aliphatic rings. The van der Waals surface area contributed by atoms with Gasteiger partial charge < -0.3 is 9.47 Å². The van der Waals surface area contributed by atoms with E-state index < -0.39 is 10.0 Å². The average molecular weight is 360 g/mol. The van der Waals surface area contributed by atoms with Crippen molar-refractivity contribution >= 4 is 21.8 Å². The van der Waals surface area contributed by atoms with Gasteiger partial charge in [0.15, 0.2) is 11.5 Å². The summed E-state index contributed by atoms with van der Waals surface area (Å²) in [4.78, 5) is 4.28. The quantitative estimate of drug-likeness (QED) is 0.820. The molecule has 0 atom stereocenters. The third kappa shape index (κ3) is 3.61. The molecule has 25 heavy (non-hydrogen) atoms. The Morgan fingerprint density at radius 2 is 1.96 bits per heavy atom. The molecule has 7 heteroatoms. The first-order valence-electron chi connectivity index (χ1n) is 7.92. The van der Waals surface area contributed by atoms with Gasteiger partial charge in [0.25, 0.3) is 10.0 Å². The van der Waals surface area contributed by atoms with Gasteiger partial charge in [0.05, 0.1) is 31.0 Å². The smallest absolute Gasteiger partial charge is 0.257 e. The number of aryl methyl sites for hydroxylation is 1. The van der Waals surface area contributed by atoms with Crippen LogP contribution in [0.3, 0.4) is 0 Å². The highest BCUT2D eigenvalue weighted by Gasteiger charge is 2.25. The van der Waals surface area contributed by atoms with Gasteiger partial charge in [-0.15, -0.1) is 0 Å². The molecule has 0 aliphatic carbocycles. The second-order valence-electron chi connectivity index (χ2n) is 5.61. The van der Waals surface area contributed by atoms with E-state index in [2.05, 4.69) is 4.98 Å². The third-order valence-electron chi connectivity index (χ3n) is 4.06. The SMILES string of the molecule is COc1ccc(/C=C/S(=O)(=O)N2CCCc3ncccc32)cc1OC. The van der Waals surface area contributed by atoms with Crippen LogP contribution in [-0.2, 0) is 16.4 Å². The van der Waals surface area contributed by atoms with E-state index in [-0.39, 0.29) is 0 Å². The standard InChI is InChI=1S/C18H20N2O4S/c1-23-17-8-7-14(13-18(17)24-2)9-12-25(21,22)20-11-4-5-15-16(20)6-3-10-19-15/h3,6-10,12-13H,4-5,11H2,1-2H3/b12-9+. The van der Waals surface area contributed by atoms with Crippen molar-refractivity contribution in [2.24, 2.45) is 0 Å². The Morgan fingerprint density at radius 1 is 1.16 bits per heavy atom. The van der Waals surface area contributed by atoms with E-state index in [9.17, 15) is 8.42 Å². The number of fused-ring (bicyclic) bond motifs is 1. The second kappa shape index (κ2) is 7.14. The molecule has 1 aliphatic heterocycles. The largest absolute Gasteiger partial charge is 0.493 e. The Kier molecular flexibility index (Phi) is 4.94. The van der Waals surface area contributed by atoms with Crippen LogP contribution in [-0.4, -0.2) is 34.2 Å². The first-order chi connectivity index (χ1) is 12.0. The second-order valence-corrected chi connectivity index (χ2v) is 7.35. The molecular formula is C18H20N2O4S. The molecule has 3 rings (SSSR count). The molecular weight excluding hydrogens is 340 g/mol. The molecule has 1 aromatic carbocycles. The first-order valence-corrected chi connectivity index (χ1v) is 9.42. The van der Waals surface area contributed by atoms with Gasteiger partial charge in [-0.2, -0.15) is 0 Å². The van der Waals surface area contributed by atoms with Crippen molar-refractivity contribution in [1.29, 1.82) is 0 Å². The number of methoxy groups -OCH3 is 2. The monoisotopic (exact) mass is 360 g/mol. The Hall–Kier alpha value is -2.54. The number of aromatic nitrogens is 1. The van der Waals surface area contributed by atoms with Crippen LogP contribution in [0, 0.1) is 0 Å². The number of sulfonamides is 1. The molecule has 0 saturated carbocycles. The minimum absolute atomic E-state index is 0.456. The summed E-state index contributed by atoms with van der Waals surface area (Å²) >= 11 is 0. The van der Waals surface area contributed by atoms with Crippen LogP contribution < -0.4 is 13.8 Å². The Bertz CT molecular complexity index is 894. The van der Waals surface area contributed by atoms with Gasteiger partial charge in [-0.1, -0.05) is 6.07 Å². The summed E-state index contributed by atoms with van der Waals surface area (Å²) in [5, 5.41) is 1.22. The van der Waals surface area contributed by atoms with Crippen molar-refractivity contribution in [2.45, 2.75) is 12.8 Å². The Labute approximate surface area is 147 Å². The summed E-state index contributed by atoms with van der Waals surface area (Å²) in [6, 6.07) is 8.80. The lowest BCUT2D eigenvalue weighted by atomic mass is 10.1. The molecule has 2 aromatic rings. The molecule has 0 fully saturated rings. The summed E-state index contributed by atoms with van der Waals surface area (Å²) in [7, 11) is -0.493. The zero-order valence-electron chi connectivity index (χ0n) is 14.2. The van der Waals surface area contributed by atoms with Gasteiger partial charge in [-0.25, -0.2) is 8.42 Å². The predicted octanol–water partition coefficient (Wildman–Crippen LogP) is 2.85. The minimum atomic E-state index is -3.59. The summed E-state index contributed by atoms with van der Waals surface area (Å²) in [5.41, 5.74) is 2.19. The van der Waals surface area contributed by atoms with E-state index in [0.717, 1.165) is 18.5 Å². The maximum absolute atomic E-state index is 12.8. The van der Waals surface area contributed by atoms with Crippen LogP contribution in [0.15, 0.2) is 41.9 Å². The summed E-state index contributed by atoms with van der Waals surface area (Å²) in [6.07, 6.45) is 4.80. The van der Waals surface area contributed by atoms with Gasteiger partial charge >= 0.3 is 0 Å². The van der Waals surface area contributed by atoms with Gasteiger partial charge in [0, 0.05) is 12.7 Å². The van der Waals surface area contributed by atoms with Gasteiger partial charge in [0.1, 0.15) is 0 Å². The topological polar surface area (TPSA) is 68.7 Å². The number of hydrogen-bond acceptors (Lipinski definition) is 5. The molecule has 132 valence electrons. The maximum atomic E-state index is 12.8. The predicted molar refractivity (Wildman–Crippen MR) is 97.4 cm³/mol.